The first-order valence-corrected chi connectivity index (χ1v) is 23.8. The SMILES string of the molecule is CC/C=C\C/C=C\C/C=C\C/C=C\CCCCCCCCCCCCCCCCC(=O)NC(COC1OC(CO)C(O)C(O)C1O)C(O)/C=C/CC/C=C/CC/C=C/CC. The molecule has 0 saturated carbocycles. The molecule has 0 aromatic carbocycles. The molecule has 0 bridgehead atoms. The topological polar surface area (TPSA) is 149 Å². The van der Waals surface area contributed by atoms with Crippen LogP contribution < -0.4 is 5.32 Å². The summed E-state index contributed by atoms with van der Waals surface area (Å²) in [6.07, 6.45) is 49.4. The van der Waals surface area contributed by atoms with Gasteiger partial charge in [-0.2, -0.15) is 0 Å². The van der Waals surface area contributed by atoms with Gasteiger partial charge in [-0.25, -0.2) is 0 Å². The van der Waals surface area contributed by atoms with Crippen molar-refractivity contribution in [3.63, 3.8) is 0 Å². The quantitative estimate of drug-likeness (QED) is 0.0266. The molecule has 0 spiro atoms. The highest BCUT2D eigenvalue weighted by Crippen LogP contribution is 2.22. The van der Waals surface area contributed by atoms with Crippen molar-refractivity contribution in [3.05, 3.63) is 85.1 Å². The van der Waals surface area contributed by atoms with E-state index >= 15 is 0 Å². The molecule has 1 rings (SSSR count). The Bertz CT molecular complexity index is 1210. The van der Waals surface area contributed by atoms with Crippen molar-refractivity contribution in [2.45, 2.75) is 217 Å². The van der Waals surface area contributed by atoms with Crippen LogP contribution in [0.5, 0.6) is 0 Å². The summed E-state index contributed by atoms with van der Waals surface area (Å²) in [6.45, 7) is 3.50. The van der Waals surface area contributed by atoms with Crippen LogP contribution in [-0.4, -0.2) is 87.5 Å². The Kier molecular flexibility index (Phi) is 37.3. The second kappa shape index (κ2) is 40.4. The third-order valence-electron chi connectivity index (χ3n) is 10.7. The zero-order valence-electron chi connectivity index (χ0n) is 37.7. The fraction of sp³-hybridized carbons (Fsp3) is 0.706. The molecule has 1 aliphatic heterocycles. The largest absolute Gasteiger partial charge is 0.394 e. The maximum atomic E-state index is 12.9. The van der Waals surface area contributed by atoms with Crippen LogP contribution in [0, 0.1) is 0 Å². The third kappa shape index (κ3) is 30.4. The first-order valence-electron chi connectivity index (χ1n) is 23.8. The standard InChI is InChI=1S/C51H87NO8/c1-3-5-7-9-11-13-15-16-17-18-19-20-21-22-23-24-25-26-27-28-29-30-31-33-35-37-39-41-47(55)52-44(43-59-51-50(58)49(57)48(56)46(42-53)60-51)45(54)40-38-36-34-32-14-12-10-8-6-4-2/h5-8,11,13-14,16-17,19-20,32,38,40,44-46,48-51,53-54,56-58H,3-4,9-10,12,15,18,21-31,33-37,39,41-43H2,1-2H3,(H,52,55)/b7-5-,8-6+,13-11-,17-16-,20-19-,32-14+,40-38+. The number of allylic oxidation sites excluding steroid dienone is 13. The number of unbranched alkanes of at least 4 members (excludes halogenated alkanes) is 16. The second-order valence-corrected chi connectivity index (χ2v) is 16.1. The Morgan fingerprint density at radius 1 is 0.567 bits per heavy atom. The van der Waals surface area contributed by atoms with Gasteiger partial charge in [-0.15, -0.1) is 0 Å². The van der Waals surface area contributed by atoms with Crippen LogP contribution in [0.4, 0.5) is 0 Å². The van der Waals surface area contributed by atoms with E-state index in [9.17, 15) is 30.3 Å². The van der Waals surface area contributed by atoms with Gasteiger partial charge in [-0.3, -0.25) is 4.79 Å². The number of hydrogen-bond acceptors (Lipinski definition) is 8. The second-order valence-electron chi connectivity index (χ2n) is 16.1. The van der Waals surface area contributed by atoms with Crippen molar-refractivity contribution in [2.75, 3.05) is 13.2 Å². The molecule has 6 N–H and O–H groups in total. The van der Waals surface area contributed by atoms with E-state index in [2.05, 4.69) is 92.1 Å². The fourth-order valence-corrected chi connectivity index (χ4v) is 6.95. The highest BCUT2D eigenvalue weighted by Gasteiger charge is 2.44. The molecule has 344 valence electrons. The maximum Gasteiger partial charge on any atom is 0.220 e. The van der Waals surface area contributed by atoms with Crippen molar-refractivity contribution in [3.8, 4) is 0 Å². The minimum absolute atomic E-state index is 0.198. The molecule has 1 amide bonds. The average molecular weight is 842 g/mol. The van der Waals surface area contributed by atoms with Gasteiger partial charge in [0.15, 0.2) is 6.29 Å². The van der Waals surface area contributed by atoms with Gasteiger partial charge in [0.1, 0.15) is 24.4 Å². The number of nitrogens with one attached hydrogen (secondary N) is 1. The van der Waals surface area contributed by atoms with Gasteiger partial charge in [0.25, 0.3) is 0 Å². The summed E-state index contributed by atoms with van der Waals surface area (Å²) in [7, 11) is 0. The molecule has 1 heterocycles. The highest BCUT2D eigenvalue weighted by atomic mass is 16.7. The smallest absolute Gasteiger partial charge is 0.220 e. The Morgan fingerprint density at radius 3 is 1.53 bits per heavy atom. The van der Waals surface area contributed by atoms with E-state index in [1.807, 2.05) is 6.08 Å². The number of ether oxygens (including phenoxy) is 2. The van der Waals surface area contributed by atoms with Gasteiger partial charge in [-0.05, 0) is 77.0 Å². The van der Waals surface area contributed by atoms with Crippen LogP contribution in [0.1, 0.15) is 174 Å². The molecule has 1 aliphatic rings. The molecule has 1 fully saturated rings. The molecule has 60 heavy (non-hydrogen) atoms. The third-order valence-corrected chi connectivity index (χ3v) is 10.7. The molecule has 1 saturated heterocycles. The average Bonchev–Trinajstić information content (AvgIpc) is 3.25. The van der Waals surface area contributed by atoms with Gasteiger partial charge in [-0.1, -0.05) is 176 Å². The first kappa shape index (κ1) is 55.4. The minimum Gasteiger partial charge on any atom is -0.394 e. The minimum atomic E-state index is -1.58. The lowest BCUT2D eigenvalue weighted by atomic mass is 9.99. The van der Waals surface area contributed by atoms with Crippen molar-refractivity contribution >= 4 is 5.91 Å². The van der Waals surface area contributed by atoms with Crippen LogP contribution in [0.2, 0.25) is 0 Å². The summed E-state index contributed by atoms with van der Waals surface area (Å²) in [5.41, 5.74) is 0. The molecule has 7 atom stereocenters. The predicted molar refractivity (Wildman–Crippen MR) is 248 cm³/mol. The molecule has 0 aromatic heterocycles. The number of carbonyl (C=O) groups is 1. The summed E-state index contributed by atoms with van der Waals surface area (Å²) >= 11 is 0. The zero-order chi connectivity index (χ0) is 43.7. The lowest BCUT2D eigenvalue weighted by molar-refractivity contribution is -0.302. The van der Waals surface area contributed by atoms with E-state index in [0.717, 1.165) is 77.0 Å². The van der Waals surface area contributed by atoms with Gasteiger partial charge in [0.05, 0.1) is 25.4 Å². The Morgan fingerprint density at radius 2 is 1.00 bits per heavy atom. The highest BCUT2D eigenvalue weighted by molar-refractivity contribution is 5.76. The molecular formula is C51H87NO8. The summed E-state index contributed by atoms with van der Waals surface area (Å²) < 4.78 is 11.2. The molecule has 0 aromatic rings. The van der Waals surface area contributed by atoms with Crippen molar-refractivity contribution in [1.82, 2.24) is 5.32 Å². The summed E-state index contributed by atoms with van der Waals surface area (Å²) in [5, 5.41) is 54.0. The summed E-state index contributed by atoms with van der Waals surface area (Å²) in [6, 6.07) is -0.830. The summed E-state index contributed by atoms with van der Waals surface area (Å²) in [4.78, 5) is 12.9. The lowest BCUT2D eigenvalue weighted by Crippen LogP contribution is -2.60. The van der Waals surface area contributed by atoms with Crippen molar-refractivity contribution in [2.24, 2.45) is 0 Å². The van der Waals surface area contributed by atoms with E-state index in [0.29, 0.717) is 6.42 Å². The number of aliphatic hydroxyl groups is 5. The molecule has 9 nitrogen and oxygen atoms in total. The van der Waals surface area contributed by atoms with Crippen LogP contribution >= 0.6 is 0 Å². The van der Waals surface area contributed by atoms with Crippen molar-refractivity contribution in [1.29, 1.82) is 0 Å². The normalized spacial score (nSPS) is 21.4. The van der Waals surface area contributed by atoms with Gasteiger partial charge < -0.3 is 40.3 Å². The zero-order valence-corrected chi connectivity index (χ0v) is 37.7. The Balaban J connectivity index is 2.22. The molecule has 9 heteroatoms. The number of rotatable bonds is 38. The Hall–Kier alpha value is -2.63. The molecule has 0 radical (unpaired) electrons. The maximum absolute atomic E-state index is 12.9. The van der Waals surface area contributed by atoms with Crippen molar-refractivity contribution < 1.29 is 39.8 Å². The molecular weight excluding hydrogens is 755 g/mol. The van der Waals surface area contributed by atoms with Crippen LogP contribution in [0.15, 0.2) is 85.1 Å². The van der Waals surface area contributed by atoms with E-state index in [-0.39, 0.29) is 12.5 Å². The number of hydrogen-bond donors (Lipinski definition) is 6. The number of amides is 1. The lowest BCUT2D eigenvalue weighted by Gasteiger charge is -2.40. The summed E-state index contributed by atoms with van der Waals surface area (Å²) in [5.74, 6) is -0.198. The van der Waals surface area contributed by atoms with Crippen LogP contribution in [-0.2, 0) is 14.3 Å². The monoisotopic (exact) mass is 842 g/mol. The number of aliphatic hydroxyl groups excluding tert-OH is 5. The van der Waals surface area contributed by atoms with Gasteiger partial charge in [0.2, 0.25) is 5.91 Å². The first-order chi connectivity index (χ1) is 29.3. The van der Waals surface area contributed by atoms with Gasteiger partial charge >= 0.3 is 0 Å². The molecule has 0 aliphatic carbocycles. The van der Waals surface area contributed by atoms with Crippen LogP contribution in [0.3, 0.4) is 0 Å². The van der Waals surface area contributed by atoms with Gasteiger partial charge in [0, 0.05) is 6.42 Å². The molecule has 7 unspecified atom stereocenters. The number of carbonyl (C=O) groups excluding carboxylic acids is 1. The predicted octanol–water partition coefficient (Wildman–Crippen LogP) is 10.3. The fourth-order valence-electron chi connectivity index (χ4n) is 6.95. The van der Waals surface area contributed by atoms with E-state index in [4.69, 9.17) is 9.47 Å². The Labute approximate surface area is 365 Å². The van der Waals surface area contributed by atoms with E-state index in [1.54, 1.807) is 6.08 Å². The van der Waals surface area contributed by atoms with Crippen LogP contribution in [0.25, 0.3) is 0 Å². The van der Waals surface area contributed by atoms with E-state index < -0.39 is 49.5 Å². The van der Waals surface area contributed by atoms with E-state index in [1.165, 1.54) is 77.0 Å².